The summed E-state index contributed by atoms with van der Waals surface area (Å²) in [5.41, 5.74) is -0.769. The van der Waals surface area contributed by atoms with Crippen LogP contribution in [0.15, 0.2) is 0 Å². The number of nitrogens with zero attached hydrogens (tertiary/aromatic N) is 1. The number of aliphatic carboxylic acids is 1. The van der Waals surface area contributed by atoms with Gasteiger partial charge in [0.2, 0.25) is 5.91 Å². The first-order chi connectivity index (χ1) is 9.95. The molecular formula is C14H23N3O4. The van der Waals surface area contributed by atoms with Crippen molar-refractivity contribution in [3.63, 3.8) is 0 Å². The summed E-state index contributed by atoms with van der Waals surface area (Å²) in [6, 6.07) is -0.257. The highest BCUT2D eigenvalue weighted by molar-refractivity contribution is 5.95. The van der Waals surface area contributed by atoms with Crippen LogP contribution in [-0.4, -0.2) is 53.6 Å². The minimum atomic E-state index is -0.804. The van der Waals surface area contributed by atoms with E-state index in [1.165, 1.54) is 0 Å². The van der Waals surface area contributed by atoms with Gasteiger partial charge in [0, 0.05) is 12.6 Å². The number of carboxylic acids is 1. The second-order valence-electron chi connectivity index (χ2n) is 6.05. The fourth-order valence-corrected chi connectivity index (χ4v) is 2.79. The molecule has 0 aromatic rings. The van der Waals surface area contributed by atoms with Gasteiger partial charge in [-0.1, -0.05) is 6.92 Å². The van der Waals surface area contributed by atoms with Gasteiger partial charge >= 0.3 is 12.0 Å². The first kappa shape index (κ1) is 15.8. The monoisotopic (exact) mass is 297 g/mol. The van der Waals surface area contributed by atoms with Crippen molar-refractivity contribution in [3.05, 3.63) is 0 Å². The lowest BCUT2D eigenvalue weighted by atomic mass is 9.77. The largest absolute Gasteiger partial charge is 0.481 e. The second kappa shape index (κ2) is 6.43. The van der Waals surface area contributed by atoms with Crippen LogP contribution in [0, 0.1) is 5.41 Å². The molecule has 7 nitrogen and oxygen atoms in total. The van der Waals surface area contributed by atoms with E-state index < -0.39 is 17.4 Å². The molecule has 2 aliphatic rings. The predicted octanol–water partition coefficient (Wildman–Crippen LogP) is 0.551. The molecule has 1 aliphatic heterocycles. The van der Waals surface area contributed by atoms with E-state index in [0.717, 1.165) is 19.3 Å². The SMILES string of the molecule is CCC1(C(=O)O)CCCN(CC(=O)NC(=O)NC2CC2)C1. The van der Waals surface area contributed by atoms with E-state index in [0.29, 0.717) is 25.9 Å². The average molecular weight is 297 g/mol. The molecular weight excluding hydrogens is 274 g/mol. The van der Waals surface area contributed by atoms with Gasteiger partial charge in [0.05, 0.1) is 12.0 Å². The molecule has 118 valence electrons. The van der Waals surface area contributed by atoms with E-state index in [2.05, 4.69) is 10.6 Å². The number of likely N-dealkylation sites (tertiary alicyclic amines) is 1. The Morgan fingerprint density at radius 2 is 2.05 bits per heavy atom. The van der Waals surface area contributed by atoms with Gasteiger partial charge in [0.15, 0.2) is 0 Å². The summed E-state index contributed by atoms with van der Waals surface area (Å²) in [5, 5.41) is 14.4. The molecule has 2 fully saturated rings. The van der Waals surface area contributed by atoms with E-state index in [4.69, 9.17) is 0 Å². The van der Waals surface area contributed by atoms with Gasteiger partial charge in [-0.05, 0) is 38.6 Å². The molecule has 1 saturated heterocycles. The minimum Gasteiger partial charge on any atom is -0.481 e. The van der Waals surface area contributed by atoms with Crippen LogP contribution in [0.5, 0.6) is 0 Å². The number of nitrogens with one attached hydrogen (secondary N) is 2. The molecule has 1 heterocycles. The van der Waals surface area contributed by atoms with Crippen molar-refractivity contribution < 1.29 is 19.5 Å². The Morgan fingerprint density at radius 3 is 2.62 bits per heavy atom. The van der Waals surface area contributed by atoms with Crippen molar-refractivity contribution in [2.45, 2.75) is 45.1 Å². The lowest BCUT2D eigenvalue weighted by Gasteiger charge is -2.39. The topological polar surface area (TPSA) is 98.7 Å². The molecule has 3 N–H and O–H groups in total. The molecule has 1 unspecified atom stereocenters. The number of urea groups is 1. The highest BCUT2D eigenvalue weighted by Gasteiger charge is 2.41. The Hall–Kier alpha value is -1.63. The minimum absolute atomic E-state index is 0.0626. The first-order valence-electron chi connectivity index (χ1n) is 7.51. The van der Waals surface area contributed by atoms with Crippen LogP contribution in [0.3, 0.4) is 0 Å². The number of hydrogen-bond donors (Lipinski definition) is 3. The zero-order chi connectivity index (χ0) is 15.5. The molecule has 0 bridgehead atoms. The van der Waals surface area contributed by atoms with Gasteiger partial charge in [-0.25, -0.2) is 4.79 Å². The van der Waals surface area contributed by atoms with Crippen LogP contribution in [0.4, 0.5) is 4.79 Å². The molecule has 2 rings (SSSR count). The maximum absolute atomic E-state index is 11.8. The molecule has 1 atom stereocenters. The maximum Gasteiger partial charge on any atom is 0.321 e. The number of amides is 3. The smallest absolute Gasteiger partial charge is 0.321 e. The number of carbonyl (C=O) groups excluding carboxylic acids is 2. The standard InChI is InChI=1S/C14H23N3O4/c1-2-14(12(19)20)6-3-7-17(9-14)8-11(18)16-13(21)15-10-4-5-10/h10H,2-9H2,1H3,(H,19,20)(H2,15,16,18,21). The maximum atomic E-state index is 11.8. The number of piperidine rings is 1. The van der Waals surface area contributed by atoms with Crippen molar-refractivity contribution in [1.82, 2.24) is 15.5 Å². The average Bonchev–Trinajstić information content (AvgIpc) is 3.22. The van der Waals surface area contributed by atoms with Crippen LogP contribution in [0.2, 0.25) is 0 Å². The Balaban J connectivity index is 1.82. The third kappa shape index (κ3) is 4.17. The van der Waals surface area contributed by atoms with Crippen LogP contribution in [0.25, 0.3) is 0 Å². The summed E-state index contributed by atoms with van der Waals surface area (Å²) >= 11 is 0. The molecule has 3 amide bonds. The Labute approximate surface area is 124 Å². The van der Waals surface area contributed by atoms with Crippen molar-refractivity contribution in [3.8, 4) is 0 Å². The number of carbonyl (C=O) groups is 3. The molecule has 21 heavy (non-hydrogen) atoms. The lowest BCUT2D eigenvalue weighted by Crippen LogP contribution is -2.51. The molecule has 0 radical (unpaired) electrons. The Kier molecular flexibility index (Phi) is 4.82. The van der Waals surface area contributed by atoms with Crippen molar-refractivity contribution in [2.24, 2.45) is 5.41 Å². The van der Waals surface area contributed by atoms with Gasteiger partial charge in [-0.15, -0.1) is 0 Å². The number of imide groups is 1. The van der Waals surface area contributed by atoms with E-state index in [1.807, 2.05) is 11.8 Å². The fraction of sp³-hybridized carbons (Fsp3) is 0.786. The quantitative estimate of drug-likeness (QED) is 0.688. The summed E-state index contributed by atoms with van der Waals surface area (Å²) in [4.78, 5) is 36.6. The molecule has 1 aliphatic carbocycles. The third-order valence-corrected chi connectivity index (χ3v) is 4.32. The molecule has 0 aromatic carbocycles. The summed E-state index contributed by atoms with van der Waals surface area (Å²) in [7, 11) is 0. The fourth-order valence-electron chi connectivity index (χ4n) is 2.79. The van der Waals surface area contributed by atoms with Gasteiger partial charge in [-0.3, -0.25) is 19.8 Å². The number of hydrogen-bond acceptors (Lipinski definition) is 4. The van der Waals surface area contributed by atoms with Crippen molar-refractivity contribution >= 4 is 17.9 Å². The molecule has 7 heteroatoms. The van der Waals surface area contributed by atoms with Gasteiger partial charge in [0.25, 0.3) is 0 Å². The summed E-state index contributed by atoms with van der Waals surface area (Å²) in [6.45, 7) is 2.97. The van der Waals surface area contributed by atoms with Crippen LogP contribution >= 0.6 is 0 Å². The molecule has 1 saturated carbocycles. The van der Waals surface area contributed by atoms with E-state index in [9.17, 15) is 19.5 Å². The van der Waals surface area contributed by atoms with E-state index >= 15 is 0 Å². The Bertz CT molecular complexity index is 436. The van der Waals surface area contributed by atoms with E-state index in [1.54, 1.807) is 0 Å². The second-order valence-corrected chi connectivity index (χ2v) is 6.05. The first-order valence-corrected chi connectivity index (χ1v) is 7.51. The van der Waals surface area contributed by atoms with Gasteiger partial charge in [-0.2, -0.15) is 0 Å². The van der Waals surface area contributed by atoms with E-state index in [-0.39, 0.29) is 18.5 Å². The summed E-state index contributed by atoms with van der Waals surface area (Å²) < 4.78 is 0. The van der Waals surface area contributed by atoms with Crippen molar-refractivity contribution in [2.75, 3.05) is 19.6 Å². The number of rotatable bonds is 5. The third-order valence-electron chi connectivity index (χ3n) is 4.32. The number of carboxylic acid groups (broad SMARTS) is 1. The summed E-state index contributed by atoms with van der Waals surface area (Å²) in [6.07, 6.45) is 3.86. The molecule has 0 spiro atoms. The predicted molar refractivity (Wildman–Crippen MR) is 75.7 cm³/mol. The summed E-state index contributed by atoms with van der Waals surface area (Å²) in [5.74, 6) is -1.19. The zero-order valence-electron chi connectivity index (χ0n) is 12.4. The highest BCUT2D eigenvalue weighted by atomic mass is 16.4. The van der Waals surface area contributed by atoms with Crippen molar-refractivity contribution in [1.29, 1.82) is 0 Å². The zero-order valence-corrected chi connectivity index (χ0v) is 12.4. The van der Waals surface area contributed by atoms with Gasteiger partial charge < -0.3 is 10.4 Å². The molecule has 0 aromatic heterocycles. The normalized spacial score (nSPS) is 26.1. The highest BCUT2D eigenvalue weighted by Crippen LogP contribution is 2.33. The Morgan fingerprint density at radius 1 is 1.33 bits per heavy atom. The van der Waals surface area contributed by atoms with Crippen LogP contribution < -0.4 is 10.6 Å². The lowest BCUT2D eigenvalue weighted by molar-refractivity contribution is -0.153. The van der Waals surface area contributed by atoms with Crippen LogP contribution in [0.1, 0.15) is 39.0 Å². The van der Waals surface area contributed by atoms with Crippen LogP contribution in [-0.2, 0) is 9.59 Å². The van der Waals surface area contributed by atoms with Gasteiger partial charge in [0.1, 0.15) is 0 Å².